The topological polar surface area (TPSA) is 152 Å². The van der Waals surface area contributed by atoms with Crippen molar-refractivity contribution in [2.75, 3.05) is 19.7 Å². The van der Waals surface area contributed by atoms with Crippen molar-refractivity contribution in [3.8, 4) is 11.3 Å². The van der Waals surface area contributed by atoms with Gasteiger partial charge in [-0.3, -0.25) is 0 Å². The number of nitrogens with zero attached hydrogens (tertiary/aromatic N) is 5. The van der Waals surface area contributed by atoms with Crippen molar-refractivity contribution in [1.29, 1.82) is 0 Å². The standard InChI is InChI=1S/C28H36F3N5O7/c1-28(2,3)42-27(40)35-6-4-14(5-7-35)19-10-16(43-33-19)11-21-25(38)24(26(39)22(13-37)41-21)36-12-20(32-34-36)15-8-17(29)23(31)18(30)9-15/h8-9,12,14,16,21-22,24-26,37-39H,4-7,10-11,13H2,1-3H3/t16?,21-,22-,24-,25+,26+/m1/s1. The van der Waals surface area contributed by atoms with Gasteiger partial charge in [0.25, 0.3) is 0 Å². The van der Waals surface area contributed by atoms with Gasteiger partial charge in [0.1, 0.15) is 41.8 Å². The van der Waals surface area contributed by atoms with E-state index in [0.29, 0.717) is 32.4 Å². The van der Waals surface area contributed by atoms with Gasteiger partial charge >= 0.3 is 6.09 Å². The van der Waals surface area contributed by atoms with E-state index in [9.17, 15) is 33.3 Å². The van der Waals surface area contributed by atoms with Gasteiger partial charge in [0.2, 0.25) is 0 Å². The summed E-state index contributed by atoms with van der Waals surface area (Å²) in [6.07, 6.45) is -2.17. The van der Waals surface area contributed by atoms with E-state index < -0.39 is 66.2 Å². The molecule has 12 nitrogen and oxygen atoms in total. The first-order valence-corrected chi connectivity index (χ1v) is 14.2. The van der Waals surface area contributed by atoms with Gasteiger partial charge in [-0.05, 0) is 45.7 Å². The average Bonchev–Trinajstić information content (AvgIpc) is 3.63. The van der Waals surface area contributed by atoms with Gasteiger partial charge < -0.3 is 34.5 Å². The Hall–Kier alpha value is -3.27. The number of oxime groups is 1. The summed E-state index contributed by atoms with van der Waals surface area (Å²) in [4.78, 5) is 19.7. The molecule has 2 fully saturated rings. The molecular weight excluding hydrogens is 575 g/mol. The van der Waals surface area contributed by atoms with Crippen LogP contribution in [-0.2, 0) is 14.3 Å². The third kappa shape index (κ3) is 6.79. The SMILES string of the molecule is CC(C)(C)OC(=O)N1CCC(C2=NOC(C[C@H]3O[C@H](CO)[C@H](O)[C@H](n4cc(-c5cc(F)c(F)c(F)c5)nn4)[C@H]3O)C2)CC1. The van der Waals surface area contributed by atoms with Crippen LogP contribution in [0.3, 0.4) is 0 Å². The molecule has 3 aliphatic rings. The number of carbonyl (C=O) groups is 1. The number of piperidine rings is 1. The maximum atomic E-state index is 13.8. The van der Waals surface area contributed by atoms with Crippen molar-refractivity contribution in [2.45, 2.75) is 88.6 Å². The summed E-state index contributed by atoms with van der Waals surface area (Å²) < 4.78 is 53.4. The minimum Gasteiger partial charge on any atom is -0.444 e. The second-order valence-corrected chi connectivity index (χ2v) is 12.2. The minimum absolute atomic E-state index is 0.0179. The molecule has 43 heavy (non-hydrogen) atoms. The van der Waals surface area contributed by atoms with Gasteiger partial charge in [0.05, 0.1) is 24.6 Å². The van der Waals surface area contributed by atoms with Crippen molar-refractivity contribution in [3.05, 3.63) is 35.8 Å². The first-order chi connectivity index (χ1) is 20.3. The zero-order chi connectivity index (χ0) is 31.1. The highest BCUT2D eigenvalue weighted by atomic mass is 19.2. The first-order valence-electron chi connectivity index (χ1n) is 14.2. The quantitative estimate of drug-likeness (QED) is 0.419. The normalized spacial score (nSPS) is 28.5. The summed E-state index contributed by atoms with van der Waals surface area (Å²) >= 11 is 0. The molecule has 1 amide bonds. The second-order valence-electron chi connectivity index (χ2n) is 12.2. The molecule has 4 heterocycles. The smallest absolute Gasteiger partial charge is 0.410 e. The molecule has 0 radical (unpaired) electrons. The molecule has 6 atom stereocenters. The van der Waals surface area contributed by atoms with E-state index >= 15 is 0 Å². The predicted octanol–water partition coefficient (Wildman–Crippen LogP) is 2.57. The van der Waals surface area contributed by atoms with Crippen molar-refractivity contribution in [1.82, 2.24) is 19.9 Å². The molecule has 0 bridgehead atoms. The molecule has 1 aromatic carbocycles. The van der Waals surface area contributed by atoms with Crippen LogP contribution in [0.2, 0.25) is 0 Å². The molecule has 0 saturated carbocycles. The number of hydrogen-bond acceptors (Lipinski definition) is 10. The van der Waals surface area contributed by atoms with E-state index in [1.165, 1.54) is 6.20 Å². The predicted molar refractivity (Wildman–Crippen MR) is 144 cm³/mol. The molecule has 15 heteroatoms. The molecule has 1 aromatic heterocycles. The Morgan fingerprint density at radius 1 is 1.09 bits per heavy atom. The fraction of sp³-hybridized carbons (Fsp3) is 0.643. The molecule has 0 spiro atoms. The number of ether oxygens (including phenoxy) is 2. The highest BCUT2D eigenvalue weighted by Crippen LogP contribution is 2.35. The average molecular weight is 612 g/mol. The Labute approximate surface area is 246 Å². The van der Waals surface area contributed by atoms with Crippen LogP contribution >= 0.6 is 0 Å². The van der Waals surface area contributed by atoms with Gasteiger partial charge in [-0.15, -0.1) is 5.10 Å². The van der Waals surface area contributed by atoms with Gasteiger partial charge in [-0.2, -0.15) is 0 Å². The van der Waals surface area contributed by atoms with Crippen molar-refractivity contribution in [2.24, 2.45) is 11.1 Å². The number of aliphatic hydroxyl groups is 3. The Morgan fingerprint density at radius 2 is 1.74 bits per heavy atom. The summed E-state index contributed by atoms with van der Waals surface area (Å²) in [5.74, 6) is -4.30. The molecule has 2 saturated heterocycles. The number of rotatable bonds is 6. The number of carbonyl (C=O) groups excluding carboxylic acids is 1. The number of aliphatic hydroxyl groups excluding tert-OH is 3. The molecule has 3 aliphatic heterocycles. The van der Waals surface area contributed by atoms with E-state index in [2.05, 4.69) is 15.5 Å². The Morgan fingerprint density at radius 3 is 2.37 bits per heavy atom. The Bertz CT molecular complexity index is 1320. The Balaban J connectivity index is 1.21. The molecular formula is C28H36F3N5O7. The van der Waals surface area contributed by atoms with Gasteiger partial charge in [-0.1, -0.05) is 10.4 Å². The summed E-state index contributed by atoms with van der Waals surface area (Å²) in [6.45, 7) is 5.97. The zero-order valence-electron chi connectivity index (χ0n) is 24.1. The summed E-state index contributed by atoms with van der Waals surface area (Å²) in [5, 5.41) is 44.1. The molecule has 2 aromatic rings. The Kier molecular flexibility index (Phi) is 8.97. The van der Waals surface area contributed by atoms with Crippen LogP contribution in [0.1, 0.15) is 52.5 Å². The lowest BCUT2D eigenvalue weighted by molar-refractivity contribution is -0.212. The van der Waals surface area contributed by atoms with E-state index in [4.69, 9.17) is 14.3 Å². The van der Waals surface area contributed by atoms with Gasteiger partial charge in [-0.25, -0.2) is 22.6 Å². The highest BCUT2D eigenvalue weighted by Gasteiger charge is 2.47. The van der Waals surface area contributed by atoms with Crippen LogP contribution in [0.15, 0.2) is 23.5 Å². The van der Waals surface area contributed by atoms with Crippen LogP contribution in [0, 0.1) is 23.4 Å². The largest absolute Gasteiger partial charge is 0.444 e. The van der Waals surface area contributed by atoms with E-state index in [1.54, 1.807) is 4.90 Å². The molecule has 236 valence electrons. The third-order valence-corrected chi connectivity index (χ3v) is 7.96. The number of benzene rings is 1. The monoisotopic (exact) mass is 611 g/mol. The van der Waals surface area contributed by atoms with Crippen LogP contribution in [0.25, 0.3) is 11.3 Å². The molecule has 5 rings (SSSR count). The fourth-order valence-electron chi connectivity index (χ4n) is 5.74. The number of halogens is 3. The lowest BCUT2D eigenvalue weighted by Gasteiger charge is -2.42. The highest BCUT2D eigenvalue weighted by molar-refractivity contribution is 5.88. The first kappa shape index (κ1) is 31.2. The summed E-state index contributed by atoms with van der Waals surface area (Å²) in [6, 6.07) is 0.393. The molecule has 3 N–H and O–H groups in total. The van der Waals surface area contributed by atoms with E-state index in [1.807, 2.05) is 20.8 Å². The lowest BCUT2D eigenvalue weighted by Crippen LogP contribution is -2.56. The lowest BCUT2D eigenvalue weighted by atomic mass is 9.86. The van der Waals surface area contributed by atoms with E-state index in [-0.39, 0.29) is 29.7 Å². The van der Waals surface area contributed by atoms with Crippen LogP contribution in [0.5, 0.6) is 0 Å². The fourth-order valence-corrected chi connectivity index (χ4v) is 5.74. The van der Waals surface area contributed by atoms with Crippen LogP contribution in [-0.4, -0.2) is 103 Å². The van der Waals surface area contributed by atoms with Gasteiger partial charge in [0.15, 0.2) is 17.5 Å². The maximum Gasteiger partial charge on any atom is 0.410 e. The number of hydrogen-bond donors (Lipinski definition) is 3. The van der Waals surface area contributed by atoms with Crippen molar-refractivity contribution < 1.29 is 47.6 Å². The summed E-state index contributed by atoms with van der Waals surface area (Å²) in [7, 11) is 0. The zero-order valence-corrected chi connectivity index (χ0v) is 24.1. The number of amides is 1. The van der Waals surface area contributed by atoms with Gasteiger partial charge in [0, 0.05) is 37.4 Å². The third-order valence-electron chi connectivity index (χ3n) is 7.96. The van der Waals surface area contributed by atoms with Crippen LogP contribution < -0.4 is 0 Å². The molecule has 0 aliphatic carbocycles. The minimum atomic E-state index is -1.62. The van der Waals surface area contributed by atoms with E-state index in [0.717, 1.165) is 22.5 Å². The molecule has 1 unspecified atom stereocenters. The van der Waals surface area contributed by atoms with Crippen molar-refractivity contribution >= 4 is 11.8 Å². The van der Waals surface area contributed by atoms with Crippen molar-refractivity contribution in [3.63, 3.8) is 0 Å². The maximum absolute atomic E-state index is 13.8. The van der Waals surface area contributed by atoms with Crippen LogP contribution in [0.4, 0.5) is 18.0 Å². The number of aromatic nitrogens is 3. The summed E-state index contributed by atoms with van der Waals surface area (Å²) in [5.41, 5.74) is 0.178. The second kappa shape index (κ2) is 12.4. The number of likely N-dealkylation sites (tertiary alicyclic amines) is 1.